The summed E-state index contributed by atoms with van der Waals surface area (Å²) in [6.45, 7) is 6.54. The molecule has 2 nitrogen and oxygen atoms in total. The first-order valence-electron chi connectivity index (χ1n) is 11.9. The highest BCUT2D eigenvalue weighted by molar-refractivity contribution is 5.21. The lowest BCUT2D eigenvalue weighted by atomic mass is 9.67. The van der Waals surface area contributed by atoms with Gasteiger partial charge in [0, 0.05) is 0 Å². The molecule has 2 aliphatic carbocycles. The monoisotopic (exact) mass is 404 g/mol. The van der Waals surface area contributed by atoms with Crippen LogP contribution in [0.1, 0.15) is 96.5 Å². The molecule has 164 valence electrons. The van der Waals surface area contributed by atoms with Gasteiger partial charge in [-0.25, -0.2) is 4.39 Å². The summed E-state index contributed by atoms with van der Waals surface area (Å²) in [5, 5.41) is 20.3. The van der Waals surface area contributed by atoms with Gasteiger partial charge in [0.25, 0.3) is 0 Å². The Kier molecular flexibility index (Phi) is 7.78. The summed E-state index contributed by atoms with van der Waals surface area (Å²) in [6, 6.07) is 7.23. The van der Waals surface area contributed by atoms with Gasteiger partial charge in [-0.05, 0) is 112 Å². The van der Waals surface area contributed by atoms with Gasteiger partial charge in [0.2, 0.25) is 0 Å². The van der Waals surface area contributed by atoms with E-state index in [0.717, 1.165) is 63.4 Å². The summed E-state index contributed by atoms with van der Waals surface area (Å²) in [5.41, 5.74) is 0.365. The summed E-state index contributed by atoms with van der Waals surface area (Å²) >= 11 is 0. The van der Waals surface area contributed by atoms with Crippen molar-refractivity contribution < 1.29 is 14.6 Å². The van der Waals surface area contributed by atoms with Crippen LogP contribution in [0.3, 0.4) is 0 Å². The van der Waals surface area contributed by atoms with Gasteiger partial charge < -0.3 is 10.2 Å². The molecule has 2 saturated carbocycles. The molecule has 3 heteroatoms. The first kappa shape index (κ1) is 22.7. The highest BCUT2D eigenvalue weighted by atomic mass is 19.1. The Balaban J connectivity index is 1.67. The average molecular weight is 405 g/mol. The van der Waals surface area contributed by atoms with E-state index in [4.69, 9.17) is 0 Å². The van der Waals surface area contributed by atoms with Crippen molar-refractivity contribution in [2.75, 3.05) is 0 Å². The van der Waals surface area contributed by atoms with Crippen molar-refractivity contribution in [3.05, 3.63) is 35.6 Å². The lowest BCUT2D eigenvalue weighted by Crippen LogP contribution is -2.33. The SMILES string of the molecule is CC(CC(CC(C)C1CCC(C)(O)CC1)C1CCC(O)CC1)c1ccccc1F. The quantitative estimate of drug-likeness (QED) is 0.548. The van der Waals surface area contributed by atoms with E-state index in [2.05, 4.69) is 13.8 Å². The molecule has 0 spiro atoms. The molecule has 0 bridgehead atoms. The highest BCUT2D eigenvalue weighted by Crippen LogP contribution is 2.43. The van der Waals surface area contributed by atoms with E-state index < -0.39 is 5.60 Å². The van der Waals surface area contributed by atoms with Crippen LogP contribution in [0.5, 0.6) is 0 Å². The van der Waals surface area contributed by atoms with Gasteiger partial charge in [-0.2, -0.15) is 0 Å². The number of halogens is 1. The molecule has 2 N–H and O–H groups in total. The molecule has 0 aromatic heterocycles. The summed E-state index contributed by atoms with van der Waals surface area (Å²) < 4.78 is 14.4. The molecule has 0 aliphatic heterocycles. The Bertz CT molecular complexity index is 625. The number of hydrogen-bond acceptors (Lipinski definition) is 2. The zero-order chi connectivity index (χ0) is 21.0. The minimum absolute atomic E-state index is 0.0830. The molecular weight excluding hydrogens is 363 g/mol. The Hall–Kier alpha value is -0.930. The van der Waals surface area contributed by atoms with Gasteiger partial charge >= 0.3 is 0 Å². The van der Waals surface area contributed by atoms with Gasteiger partial charge in [0.15, 0.2) is 0 Å². The van der Waals surface area contributed by atoms with Gasteiger partial charge in [-0.15, -0.1) is 0 Å². The van der Waals surface area contributed by atoms with Crippen molar-refractivity contribution in [1.82, 2.24) is 0 Å². The molecule has 3 rings (SSSR count). The van der Waals surface area contributed by atoms with Crippen molar-refractivity contribution >= 4 is 0 Å². The van der Waals surface area contributed by atoms with Gasteiger partial charge in [0.05, 0.1) is 11.7 Å². The Morgan fingerprint density at radius 1 is 0.966 bits per heavy atom. The summed E-state index contributed by atoms with van der Waals surface area (Å²) in [4.78, 5) is 0. The van der Waals surface area contributed by atoms with Gasteiger partial charge in [-0.1, -0.05) is 32.0 Å². The fraction of sp³-hybridized carbons (Fsp3) is 0.769. The third-order valence-corrected chi connectivity index (χ3v) is 8.09. The minimum Gasteiger partial charge on any atom is -0.393 e. The smallest absolute Gasteiger partial charge is 0.126 e. The van der Waals surface area contributed by atoms with E-state index in [9.17, 15) is 14.6 Å². The maximum absolute atomic E-state index is 14.4. The van der Waals surface area contributed by atoms with Crippen molar-refractivity contribution in [3.8, 4) is 0 Å². The standard InChI is InChI=1S/C26H41FO2/c1-18(20-12-14-26(3,29)15-13-20)16-22(21-8-10-23(28)11-9-21)17-19(2)24-6-4-5-7-25(24)27/h4-7,18-23,28-29H,8-17H2,1-3H3. The molecule has 0 heterocycles. The lowest BCUT2D eigenvalue weighted by Gasteiger charge is -2.39. The van der Waals surface area contributed by atoms with E-state index in [1.165, 1.54) is 6.42 Å². The third-order valence-electron chi connectivity index (χ3n) is 8.09. The van der Waals surface area contributed by atoms with Gasteiger partial charge in [0.1, 0.15) is 5.82 Å². The van der Waals surface area contributed by atoms with Gasteiger partial charge in [-0.3, -0.25) is 0 Å². The number of benzene rings is 1. The zero-order valence-electron chi connectivity index (χ0n) is 18.6. The first-order valence-corrected chi connectivity index (χ1v) is 11.9. The summed E-state index contributed by atoms with van der Waals surface area (Å²) in [6.07, 6.45) is 10.2. The number of rotatable bonds is 7. The van der Waals surface area contributed by atoms with E-state index >= 15 is 0 Å². The van der Waals surface area contributed by atoms with E-state index in [-0.39, 0.29) is 17.8 Å². The molecule has 3 atom stereocenters. The minimum atomic E-state index is -0.478. The Labute approximate surface area is 176 Å². The highest BCUT2D eigenvalue weighted by Gasteiger charge is 2.34. The molecule has 29 heavy (non-hydrogen) atoms. The number of aliphatic hydroxyl groups excluding tert-OH is 1. The molecule has 0 amide bonds. The fourth-order valence-electron chi connectivity index (χ4n) is 6.01. The normalized spacial score (nSPS) is 33.8. The van der Waals surface area contributed by atoms with Crippen LogP contribution in [0.2, 0.25) is 0 Å². The molecule has 2 fully saturated rings. The second-order valence-corrected chi connectivity index (χ2v) is 10.5. The maximum Gasteiger partial charge on any atom is 0.126 e. The molecule has 1 aromatic rings. The summed E-state index contributed by atoms with van der Waals surface area (Å²) in [7, 11) is 0. The topological polar surface area (TPSA) is 40.5 Å². The maximum atomic E-state index is 14.4. The molecule has 0 saturated heterocycles. The van der Waals surface area contributed by atoms with E-state index in [1.807, 2.05) is 19.1 Å². The van der Waals surface area contributed by atoms with Crippen LogP contribution in [-0.4, -0.2) is 21.9 Å². The predicted molar refractivity (Wildman–Crippen MR) is 117 cm³/mol. The van der Waals surface area contributed by atoms with E-state index in [0.29, 0.717) is 23.7 Å². The van der Waals surface area contributed by atoms with Crippen LogP contribution in [0.25, 0.3) is 0 Å². The molecule has 1 aromatic carbocycles. The van der Waals surface area contributed by atoms with Crippen LogP contribution < -0.4 is 0 Å². The molecule has 0 radical (unpaired) electrons. The van der Waals surface area contributed by atoms with Crippen LogP contribution in [0.4, 0.5) is 4.39 Å². The second kappa shape index (κ2) is 9.92. The largest absolute Gasteiger partial charge is 0.393 e. The zero-order valence-corrected chi connectivity index (χ0v) is 18.6. The average Bonchev–Trinajstić information content (AvgIpc) is 2.68. The fourth-order valence-corrected chi connectivity index (χ4v) is 6.01. The Morgan fingerprint density at radius 2 is 1.59 bits per heavy atom. The van der Waals surface area contributed by atoms with Crippen molar-refractivity contribution in [2.45, 2.75) is 103 Å². The van der Waals surface area contributed by atoms with Crippen LogP contribution >= 0.6 is 0 Å². The molecule has 2 aliphatic rings. The van der Waals surface area contributed by atoms with Crippen LogP contribution in [-0.2, 0) is 0 Å². The van der Waals surface area contributed by atoms with Crippen molar-refractivity contribution in [3.63, 3.8) is 0 Å². The van der Waals surface area contributed by atoms with Crippen molar-refractivity contribution in [2.24, 2.45) is 23.7 Å². The number of aliphatic hydroxyl groups is 2. The van der Waals surface area contributed by atoms with Crippen LogP contribution in [0.15, 0.2) is 24.3 Å². The van der Waals surface area contributed by atoms with E-state index in [1.54, 1.807) is 12.1 Å². The van der Waals surface area contributed by atoms with Crippen LogP contribution in [0, 0.1) is 29.5 Å². The first-order chi connectivity index (χ1) is 13.7. The Morgan fingerprint density at radius 3 is 2.21 bits per heavy atom. The predicted octanol–water partition coefficient (Wildman–Crippen LogP) is 6.45. The lowest BCUT2D eigenvalue weighted by molar-refractivity contribution is -0.00336. The summed E-state index contributed by atoms with van der Waals surface area (Å²) in [5.74, 6) is 2.68. The number of hydrogen-bond donors (Lipinski definition) is 2. The third kappa shape index (κ3) is 6.28. The second-order valence-electron chi connectivity index (χ2n) is 10.5. The molecular formula is C26H41FO2. The molecule has 3 unspecified atom stereocenters. The van der Waals surface area contributed by atoms with Crippen molar-refractivity contribution in [1.29, 1.82) is 0 Å².